The van der Waals surface area contributed by atoms with Crippen LogP contribution < -0.4 is 0 Å². The lowest BCUT2D eigenvalue weighted by atomic mass is 10.1. The minimum absolute atomic E-state index is 0.0199. The number of nitrogens with zero attached hydrogens (tertiary/aromatic N) is 1. The SMILES string of the molecule is C/C(=C\c1ncc[nH]1)C(=O)CCC=O. The highest BCUT2D eigenvalue weighted by Gasteiger charge is 2.04. The van der Waals surface area contributed by atoms with Gasteiger partial charge in [0.2, 0.25) is 0 Å². The molecule has 0 saturated carbocycles. The topological polar surface area (TPSA) is 62.8 Å². The zero-order valence-corrected chi connectivity index (χ0v) is 7.99. The Morgan fingerprint density at radius 2 is 2.43 bits per heavy atom. The van der Waals surface area contributed by atoms with Crippen LogP contribution in [0.15, 0.2) is 18.0 Å². The van der Waals surface area contributed by atoms with E-state index in [-0.39, 0.29) is 18.6 Å². The molecule has 0 unspecified atom stereocenters. The number of aromatic nitrogens is 2. The first-order valence-corrected chi connectivity index (χ1v) is 4.38. The average Bonchev–Trinajstić information content (AvgIpc) is 2.66. The van der Waals surface area contributed by atoms with Crippen molar-refractivity contribution in [3.05, 3.63) is 23.8 Å². The number of Topliss-reactive ketones (excluding diaryl/α,β-unsaturated/α-hetero) is 1. The van der Waals surface area contributed by atoms with Crippen LogP contribution in [0.2, 0.25) is 0 Å². The number of rotatable bonds is 5. The predicted molar refractivity (Wildman–Crippen MR) is 52.5 cm³/mol. The summed E-state index contributed by atoms with van der Waals surface area (Å²) >= 11 is 0. The van der Waals surface area contributed by atoms with Crippen molar-refractivity contribution in [2.45, 2.75) is 19.8 Å². The fourth-order valence-electron chi connectivity index (χ4n) is 1.03. The van der Waals surface area contributed by atoms with Gasteiger partial charge in [-0.25, -0.2) is 4.98 Å². The van der Waals surface area contributed by atoms with Gasteiger partial charge in [0.1, 0.15) is 12.1 Å². The molecule has 0 amide bonds. The van der Waals surface area contributed by atoms with Gasteiger partial charge in [-0.2, -0.15) is 0 Å². The minimum atomic E-state index is -0.0199. The number of carbonyl (C=O) groups excluding carboxylic acids is 2. The summed E-state index contributed by atoms with van der Waals surface area (Å²) < 4.78 is 0. The van der Waals surface area contributed by atoms with Crippen LogP contribution in [0.3, 0.4) is 0 Å². The average molecular weight is 192 g/mol. The Labute approximate surface area is 82.0 Å². The minimum Gasteiger partial charge on any atom is -0.345 e. The molecule has 14 heavy (non-hydrogen) atoms. The Morgan fingerprint density at radius 3 is 3.00 bits per heavy atom. The number of carbonyl (C=O) groups is 2. The smallest absolute Gasteiger partial charge is 0.159 e. The monoisotopic (exact) mass is 192 g/mol. The van der Waals surface area contributed by atoms with E-state index in [0.29, 0.717) is 11.4 Å². The van der Waals surface area contributed by atoms with E-state index in [0.717, 1.165) is 6.29 Å². The summed E-state index contributed by atoms with van der Waals surface area (Å²) in [5, 5.41) is 0. The Balaban J connectivity index is 2.60. The molecule has 1 heterocycles. The zero-order valence-electron chi connectivity index (χ0n) is 7.99. The molecule has 0 aliphatic rings. The van der Waals surface area contributed by atoms with E-state index in [4.69, 9.17) is 0 Å². The molecule has 1 rings (SSSR count). The molecule has 0 aliphatic carbocycles. The van der Waals surface area contributed by atoms with Crippen LogP contribution in [0.1, 0.15) is 25.6 Å². The third kappa shape index (κ3) is 2.97. The lowest BCUT2D eigenvalue weighted by molar-refractivity contribution is -0.117. The van der Waals surface area contributed by atoms with E-state index in [1.54, 1.807) is 25.4 Å². The van der Waals surface area contributed by atoms with E-state index in [1.807, 2.05) is 0 Å². The largest absolute Gasteiger partial charge is 0.345 e. The Bertz CT molecular complexity index is 339. The molecule has 0 bridgehead atoms. The number of ketones is 1. The quantitative estimate of drug-likeness (QED) is 0.566. The molecule has 1 aromatic rings. The van der Waals surface area contributed by atoms with Gasteiger partial charge in [-0.05, 0) is 18.6 Å². The van der Waals surface area contributed by atoms with Crippen LogP contribution in [0.5, 0.6) is 0 Å². The summed E-state index contributed by atoms with van der Waals surface area (Å²) in [6.07, 6.45) is 6.28. The van der Waals surface area contributed by atoms with Gasteiger partial charge < -0.3 is 9.78 Å². The molecule has 0 fully saturated rings. The van der Waals surface area contributed by atoms with Crippen molar-refractivity contribution in [3.63, 3.8) is 0 Å². The van der Waals surface area contributed by atoms with Gasteiger partial charge in [-0.15, -0.1) is 0 Å². The highest BCUT2D eigenvalue weighted by Crippen LogP contribution is 2.05. The molecule has 0 atom stereocenters. The number of allylic oxidation sites excluding steroid dienone is 1. The highest BCUT2D eigenvalue weighted by atomic mass is 16.1. The first-order chi connectivity index (χ1) is 6.74. The number of aromatic amines is 1. The Hall–Kier alpha value is -1.71. The molecule has 0 aliphatic heterocycles. The van der Waals surface area contributed by atoms with Crippen molar-refractivity contribution in [1.82, 2.24) is 9.97 Å². The summed E-state index contributed by atoms with van der Waals surface area (Å²) in [4.78, 5) is 28.3. The number of H-pyrrole nitrogens is 1. The van der Waals surface area contributed by atoms with Gasteiger partial charge in [-0.1, -0.05) is 0 Å². The maximum Gasteiger partial charge on any atom is 0.159 e. The van der Waals surface area contributed by atoms with Crippen molar-refractivity contribution in [3.8, 4) is 0 Å². The maximum absolute atomic E-state index is 11.4. The second kappa shape index (κ2) is 5.11. The lowest BCUT2D eigenvalue weighted by Crippen LogP contribution is -1.99. The lowest BCUT2D eigenvalue weighted by Gasteiger charge is -1.96. The van der Waals surface area contributed by atoms with E-state index in [2.05, 4.69) is 9.97 Å². The Kier molecular flexibility index (Phi) is 3.79. The summed E-state index contributed by atoms with van der Waals surface area (Å²) in [5.74, 6) is 0.635. The van der Waals surface area contributed by atoms with Gasteiger partial charge in [0.05, 0.1) is 0 Å². The number of imidazole rings is 1. The van der Waals surface area contributed by atoms with Gasteiger partial charge in [-0.3, -0.25) is 4.79 Å². The van der Waals surface area contributed by atoms with E-state index in [9.17, 15) is 9.59 Å². The van der Waals surface area contributed by atoms with Crippen LogP contribution in [0.4, 0.5) is 0 Å². The van der Waals surface area contributed by atoms with E-state index >= 15 is 0 Å². The molecule has 4 nitrogen and oxygen atoms in total. The summed E-state index contributed by atoms with van der Waals surface area (Å²) in [6, 6.07) is 0. The van der Waals surface area contributed by atoms with Gasteiger partial charge in [0.25, 0.3) is 0 Å². The molecule has 74 valence electrons. The van der Waals surface area contributed by atoms with E-state index < -0.39 is 0 Å². The first kappa shape index (κ1) is 10.4. The van der Waals surface area contributed by atoms with Crippen LogP contribution in [-0.2, 0) is 9.59 Å². The van der Waals surface area contributed by atoms with Crippen molar-refractivity contribution in [2.75, 3.05) is 0 Å². The van der Waals surface area contributed by atoms with Crippen LogP contribution in [0.25, 0.3) is 6.08 Å². The molecular weight excluding hydrogens is 180 g/mol. The number of aldehydes is 1. The second-order valence-electron chi connectivity index (χ2n) is 2.93. The molecule has 4 heteroatoms. The Morgan fingerprint density at radius 1 is 1.64 bits per heavy atom. The number of nitrogens with one attached hydrogen (secondary N) is 1. The summed E-state index contributed by atoms with van der Waals surface area (Å²) in [5.41, 5.74) is 0.613. The highest BCUT2D eigenvalue weighted by molar-refractivity contribution is 5.99. The van der Waals surface area contributed by atoms with Crippen molar-refractivity contribution < 1.29 is 9.59 Å². The predicted octanol–water partition coefficient (Wildman–Crippen LogP) is 1.36. The number of hydrogen-bond donors (Lipinski definition) is 1. The van der Waals surface area contributed by atoms with Crippen LogP contribution >= 0.6 is 0 Å². The number of hydrogen-bond acceptors (Lipinski definition) is 3. The summed E-state index contributed by atoms with van der Waals surface area (Å²) in [6.45, 7) is 1.72. The summed E-state index contributed by atoms with van der Waals surface area (Å²) in [7, 11) is 0. The van der Waals surface area contributed by atoms with Gasteiger partial charge in [0.15, 0.2) is 5.78 Å². The standard InChI is InChI=1S/C10H12N2O2/c1-8(9(14)3-2-6-13)7-10-11-4-5-12-10/h4-7H,2-3H2,1H3,(H,11,12)/b8-7+. The molecule has 0 radical (unpaired) electrons. The van der Waals surface area contributed by atoms with Crippen LogP contribution in [0, 0.1) is 0 Å². The maximum atomic E-state index is 11.4. The molecule has 0 saturated heterocycles. The van der Waals surface area contributed by atoms with Gasteiger partial charge in [0, 0.05) is 25.2 Å². The molecule has 0 aromatic carbocycles. The third-order valence-corrected chi connectivity index (χ3v) is 1.80. The molecule has 0 spiro atoms. The fraction of sp³-hybridized carbons (Fsp3) is 0.300. The zero-order chi connectivity index (χ0) is 10.4. The molecule has 1 aromatic heterocycles. The van der Waals surface area contributed by atoms with Crippen LogP contribution in [-0.4, -0.2) is 22.0 Å². The van der Waals surface area contributed by atoms with Crippen molar-refractivity contribution >= 4 is 18.1 Å². The fourth-order valence-corrected chi connectivity index (χ4v) is 1.03. The van der Waals surface area contributed by atoms with Gasteiger partial charge >= 0.3 is 0 Å². The third-order valence-electron chi connectivity index (χ3n) is 1.80. The molecule has 1 N–H and O–H groups in total. The first-order valence-electron chi connectivity index (χ1n) is 4.38. The normalized spacial score (nSPS) is 11.4. The molecular formula is C10H12N2O2. The van der Waals surface area contributed by atoms with E-state index in [1.165, 1.54) is 0 Å². The van der Waals surface area contributed by atoms with Crippen molar-refractivity contribution in [1.29, 1.82) is 0 Å². The van der Waals surface area contributed by atoms with Crippen molar-refractivity contribution in [2.24, 2.45) is 0 Å². The second-order valence-corrected chi connectivity index (χ2v) is 2.93.